The molecule has 3 aliphatic carbocycles. The van der Waals surface area contributed by atoms with Gasteiger partial charge in [0.1, 0.15) is 0 Å². The lowest BCUT2D eigenvalue weighted by Crippen LogP contribution is -2.54. The van der Waals surface area contributed by atoms with E-state index in [1.807, 2.05) is 0 Å². The first kappa shape index (κ1) is 13.9. The molecule has 1 spiro atoms. The lowest BCUT2D eigenvalue weighted by molar-refractivity contribution is 0.153. The van der Waals surface area contributed by atoms with Crippen LogP contribution in [0.1, 0.15) is 58.4 Å². The SMILES string of the molecule is C[C@H]1CC2=C[C@]3(C)C[C@H](C)C[C@]4(C3)Nc3ccccc3C(=C24)C1. The van der Waals surface area contributed by atoms with E-state index < -0.39 is 0 Å². The van der Waals surface area contributed by atoms with Crippen LogP contribution in [0.15, 0.2) is 41.5 Å². The van der Waals surface area contributed by atoms with Gasteiger partial charge in [0.2, 0.25) is 0 Å². The van der Waals surface area contributed by atoms with Crippen LogP contribution in [0.25, 0.3) is 5.57 Å². The maximum absolute atomic E-state index is 4.04. The zero-order valence-electron chi connectivity index (χ0n) is 14.6. The Morgan fingerprint density at radius 3 is 2.74 bits per heavy atom. The average Bonchev–Trinajstić information content (AvgIpc) is 2.44. The maximum Gasteiger partial charge on any atom is 0.0641 e. The number of allylic oxidation sites excluding steroid dienone is 2. The molecule has 0 radical (unpaired) electrons. The molecule has 1 aromatic rings. The maximum atomic E-state index is 4.04. The van der Waals surface area contributed by atoms with Gasteiger partial charge in [-0.3, -0.25) is 0 Å². The van der Waals surface area contributed by atoms with Gasteiger partial charge in [0, 0.05) is 11.3 Å². The predicted octanol–water partition coefficient (Wildman–Crippen LogP) is 5.80. The third kappa shape index (κ3) is 1.86. The fraction of sp³-hybridized carbons (Fsp3) is 0.545. The first-order valence-electron chi connectivity index (χ1n) is 9.31. The minimum Gasteiger partial charge on any atom is -0.375 e. The fourth-order valence-corrected chi connectivity index (χ4v) is 6.45. The highest BCUT2D eigenvalue weighted by molar-refractivity contribution is 5.88. The average molecular weight is 305 g/mol. The van der Waals surface area contributed by atoms with Crippen molar-refractivity contribution < 1.29 is 0 Å². The Hall–Kier alpha value is -1.50. The van der Waals surface area contributed by atoms with E-state index in [1.165, 1.54) is 43.4 Å². The Kier molecular flexibility index (Phi) is 2.61. The van der Waals surface area contributed by atoms with Crippen LogP contribution in [0.2, 0.25) is 0 Å². The molecule has 1 N–H and O–H groups in total. The number of rotatable bonds is 0. The molecular weight excluding hydrogens is 278 g/mol. The third-order valence-electron chi connectivity index (χ3n) is 6.59. The molecule has 1 aliphatic heterocycles. The molecule has 4 atom stereocenters. The molecule has 0 unspecified atom stereocenters. The summed E-state index contributed by atoms with van der Waals surface area (Å²) in [4.78, 5) is 0. The quantitative estimate of drug-likeness (QED) is 0.638. The molecule has 0 saturated heterocycles. The zero-order valence-corrected chi connectivity index (χ0v) is 14.6. The van der Waals surface area contributed by atoms with Gasteiger partial charge in [0.25, 0.3) is 0 Å². The summed E-state index contributed by atoms with van der Waals surface area (Å²) in [6.07, 6.45) is 9.10. The lowest BCUT2D eigenvalue weighted by Gasteiger charge is -2.57. The van der Waals surface area contributed by atoms with E-state index in [4.69, 9.17) is 0 Å². The van der Waals surface area contributed by atoms with E-state index in [0.29, 0.717) is 5.41 Å². The van der Waals surface area contributed by atoms with E-state index in [2.05, 4.69) is 56.4 Å². The van der Waals surface area contributed by atoms with Crippen molar-refractivity contribution in [1.29, 1.82) is 0 Å². The Morgan fingerprint density at radius 2 is 1.87 bits per heavy atom. The smallest absolute Gasteiger partial charge is 0.0641 e. The molecule has 1 heteroatoms. The first-order valence-corrected chi connectivity index (χ1v) is 9.31. The summed E-state index contributed by atoms with van der Waals surface area (Å²) in [5, 5.41) is 4.04. The number of para-hydroxylation sites is 1. The van der Waals surface area contributed by atoms with E-state index in [9.17, 15) is 0 Å². The van der Waals surface area contributed by atoms with Crippen molar-refractivity contribution >= 4 is 11.3 Å². The summed E-state index contributed by atoms with van der Waals surface area (Å²) in [6.45, 7) is 7.37. The summed E-state index contributed by atoms with van der Waals surface area (Å²) >= 11 is 0. The van der Waals surface area contributed by atoms with Crippen molar-refractivity contribution in [3.8, 4) is 0 Å². The lowest BCUT2D eigenvalue weighted by atomic mass is 9.52. The van der Waals surface area contributed by atoms with Crippen molar-refractivity contribution in [2.24, 2.45) is 17.3 Å². The number of anilines is 1. The van der Waals surface area contributed by atoms with Crippen LogP contribution in [0.5, 0.6) is 0 Å². The molecule has 1 fully saturated rings. The van der Waals surface area contributed by atoms with Gasteiger partial charge in [-0.05, 0) is 72.1 Å². The zero-order chi connectivity index (χ0) is 15.8. The van der Waals surface area contributed by atoms with Gasteiger partial charge in [-0.15, -0.1) is 0 Å². The van der Waals surface area contributed by atoms with E-state index in [0.717, 1.165) is 11.8 Å². The Bertz CT molecular complexity index is 755. The molecule has 1 saturated carbocycles. The summed E-state index contributed by atoms with van der Waals surface area (Å²) in [5.74, 6) is 1.56. The van der Waals surface area contributed by atoms with Crippen molar-refractivity contribution in [3.63, 3.8) is 0 Å². The van der Waals surface area contributed by atoms with Gasteiger partial charge < -0.3 is 5.32 Å². The Balaban J connectivity index is 1.82. The molecule has 0 amide bonds. The molecule has 2 bridgehead atoms. The van der Waals surface area contributed by atoms with E-state index in [1.54, 1.807) is 16.7 Å². The Labute approximate surface area is 139 Å². The predicted molar refractivity (Wildman–Crippen MR) is 97.3 cm³/mol. The minimum atomic E-state index is 0.195. The van der Waals surface area contributed by atoms with E-state index in [-0.39, 0.29) is 5.54 Å². The van der Waals surface area contributed by atoms with Gasteiger partial charge in [0.15, 0.2) is 0 Å². The van der Waals surface area contributed by atoms with Gasteiger partial charge in [-0.1, -0.05) is 45.0 Å². The highest BCUT2D eigenvalue weighted by atomic mass is 15.0. The van der Waals surface area contributed by atoms with Gasteiger partial charge >= 0.3 is 0 Å². The van der Waals surface area contributed by atoms with Crippen LogP contribution < -0.4 is 5.32 Å². The topological polar surface area (TPSA) is 12.0 Å². The van der Waals surface area contributed by atoms with Crippen LogP contribution in [-0.4, -0.2) is 5.54 Å². The number of hydrogen-bond acceptors (Lipinski definition) is 1. The molecule has 1 aromatic carbocycles. The standard InChI is InChI=1S/C22H27N/c1-14-8-16-12-21(3)10-15(2)11-22(13-21)20(16)18(9-14)17-6-4-5-7-19(17)23-22/h4-7,12,14-15,23H,8-11,13H2,1-3H3/t14-,15-,21-,22+/m0/s1. The van der Waals surface area contributed by atoms with Crippen molar-refractivity contribution in [1.82, 2.24) is 0 Å². The molecule has 1 heterocycles. The minimum absolute atomic E-state index is 0.195. The van der Waals surface area contributed by atoms with Crippen LogP contribution in [0.3, 0.4) is 0 Å². The molecular formula is C22H27N. The molecule has 120 valence electrons. The molecule has 4 aliphatic rings. The monoisotopic (exact) mass is 305 g/mol. The largest absolute Gasteiger partial charge is 0.375 e. The summed E-state index contributed by atoms with van der Waals surface area (Å²) in [7, 11) is 0. The number of benzene rings is 1. The summed E-state index contributed by atoms with van der Waals surface area (Å²) < 4.78 is 0. The summed E-state index contributed by atoms with van der Waals surface area (Å²) in [6, 6.07) is 9.01. The van der Waals surface area contributed by atoms with Gasteiger partial charge in [0.05, 0.1) is 5.54 Å². The number of fused-ring (bicyclic) bond motifs is 3. The number of hydrogen-bond donors (Lipinski definition) is 1. The van der Waals surface area contributed by atoms with Crippen molar-refractivity contribution in [3.05, 3.63) is 47.1 Å². The highest BCUT2D eigenvalue weighted by Crippen LogP contribution is 2.61. The fourth-order valence-electron chi connectivity index (χ4n) is 6.45. The summed E-state index contributed by atoms with van der Waals surface area (Å²) in [5.41, 5.74) is 8.42. The van der Waals surface area contributed by atoms with Crippen LogP contribution in [0, 0.1) is 17.3 Å². The van der Waals surface area contributed by atoms with Crippen LogP contribution in [0.4, 0.5) is 5.69 Å². The first-order chi connectivity index (χ1) is 11.0. The van der Waals surface area contributed by atoms with Gasteiger partial charge in [-0.2, -0.15) is 0 Å². The van der Waals surface area contributed by atoms with Crippen molar-refractivity contribution in [2.75, 3.05) is 5.32 Å². The van der Waals surface area contributed by atoms with Gasteiger partial charge in [-0.25, -0.2) is 0 Å². The second-order valence-corrected chi connectivity index (χ2v) is 9.13. The Morgan fingerprint density at radius 1 is 1.04 bits per heavy atom. The molecule has 5 rings (SSSR count). The number of nitrogens with one attached hydrogen (secondary N) is 1. The third-order valence-corrected chi connectivity index (χ3v) is 6.59. The van der Waals surface area contributed by atoms with E-state index >= 15 is 0 Å². The second kappa shape index (κ2) is 4.32. The molecule has 23 heavy (non-hydrogen) atoms. The second-order valence-electron chi connectivity index (χ2n) is 9.13. The molecule has 0 aromatic heterocycles. The van der Waals surface area contributed by atoms with Crippen LogP contribution >= 0.6 is 0 Å². The van der Waals surface area contributed by atoms with Crippen LogP contribution in [-0.2, 0) is 0 Å². The normalized spacial score (nSPS) is 40.7. The molecule has 1 nitrogen and oxygen atoms in total. The van der Waals surface area contributed by atoms with Crippen molar-refractivity contribution in [2.45, 2.75) is 58.4 Å². The highest BCUT2D eigenvalue weighted by Gasteiger charge is 2.53.